The predicted octanol–water partition coefficient (Wildman–Crippen LogP) is 4.78. The fourth-order valence-electron chi connectivity index (χ4n) is 2.24. The summed E-state index contributed by atoms with van der Waals surface area (Å²) in [6.07, 6.45) is 1.26. The third kappa shape index (κ3) is 3.85. The van der Waals surface area contributed by atoms with Crippen molar-refractivity contribution < 1.29 is 17.9 Å². The summed E-state index contributed by atoms with van der Waals surface area (Å²) in [7, 11) is 0. The van der Waals surface area contributed by atoms with Crippen molar-refractivity contribution in [1.29, 1.82) is 0 Å². The van der Waals surface area contributed by atoms with Crippen LogP contribution in [0.1, 0.15) is 6.92 Å². The average Bonchev–Trinajstić information content (AvgIpc) is 2.64. The number of aromatic nitrogens is 2. The van der Waals surface area contributed by atoms with Crippen LogP contribution in [0.4, 0.5) is 36.2 Å². The molecule has 0 radical (unpaired) electrons. The fraction of sp³-hybridized carbons (Fsp3) is 0.111. The number of ether oxygens (including phenoxy) is 1. The number of nitrogens with zero attached hydrogens (tertiary/aromatic N) is 2. The summed E-state index contributed by atoms with van der Waals surface area (Å²) in [6.45, 7) is 2.38. The first-order valence-corrected chi connectivity index (χ1v) is 7.80. The fourth-order valence-corrected chi connectivity index (χ4v) is 2.24. The SMILES string of the molecule is CCOc1ccccc1Nc1cc(Nc2ccc(F)c(F)c2F)ncn1. The lowest BCUT2D eigenvalue weighted by Gasteiger charge is -2.12. The molecule has 0 amide bonds. The van der Waals surface area contributed by atoms with Crippen LogP contribution in [0.2, 0.25) is 0 Å². The number of benzene rings is 2. The highest BCUT2D eigenvalue weighted by Crippen LogP contribution is 2.28. The molecular weight excluding hydrogens is 345 g/mol. The maximum atomic E-state index is 13.8. The van der Waals surface area contributed by atoms with Gasteiger partial charge in [-0.25, -0.2) is 23.1 Å². The Morgan fingerprint density at radius 1 is 0.885 bits per heavy atom. The molecule has 0 bridgehead atoms. The van der Waals surface area contributed by atoms with E-state index in [-0.39, 0.29) is 11.5 Å². The van der Waals surface area contributed by atoms with Gasteiger partial charge in [0.15, 0.2) is 17.5 Å². The molecule has 1 aromatic heterocycles. The van der Waals surface area contributed by atoms with Crippen molar-refractivity contribution in [2.75, 3.05) is 17.2 Å². The highest BCUT2D eigenvalue weighted by atomic mass is 19.2. The summed E-state index contributed by atoms with van der Waals surface area (Å²) in [6, 6.07) is 10.7. The molecule has 0 atom stereocenters. The molecule has 3 aromatic rings. The van der Waals surface area contributed by atoms with Crippen molar-refractivity contribution in [3.8, 4) is 5.75 Å². The Morgan fingerprint density at radius 3 is 2.31 bits per heavy atom. The number of halogens is 3. The Kier molecular flexibility index (Phi) is 5.21. The van der Waals surface area contributed by atoms with E-state index in [1.54, 1.807) is 0 Å². The lowest BCUT2D eigenvalue weighted by molar-refractivity contribution is 0.342. The van der Waals surface area contributed by atoms with E-state index >= 15 is 0 Å². The van der Waals surface area contributed by atoms with E-state index in [2.05, 4.69) is 20.6 Å². The minimum absolute atomic E-state index is 0.210. The summed E-state index contributed by atoms with van der Waals surface area (Å²) in [5, 5.41) is 5.68. The normalized spacial score (nSPS) is 10.5. The Labute approximate surface area is 147 Å². The predicted molar refractivity (Wildman–Crippen MR) is 92.5 cm³/mol. The number of nitrogens with one attached hydrogen (secondary N) is 2. The largest absolute Gasteiger partial charge is 0.492 e. The van der Waals surface area contributed by atoms with Gasteiger partial charge in [0.2, 0.25) is 0 Å². The van der Waals surface area contributed by atoms with Crippen LogP contribution >= 0.6 is 0 Å². The first kappa shape index (κ1) is 17.5. The van der Waals surface area contributed by atoms with E-state index in [0.717, 1.165) is 12.1 Å². The monoisotopic (exact) mass is 360 g/mol. The van der Waals surface area contributed by atoms with Gasteiger partial charge in [-0.15, -0.1) is 0 Å². The molecule has 0 fully saturated rings. The third-order valence-electron chi connectivity index (χ3n) is 3.41. The Bertz CT molecular complexity index is 921. The second-order valence-corrected chi connectivity index (χ2v) is 5.19. The van der Waals surface area contributed by atoms with Gasteiger partial charge in [0.25, 0.3) is 0 Å². The van der Waals surface area contributed by atoms with Crippen LogP contribution in [0.5, 0.6) is 5.75 Å². The van der Waals surface area contributed by atoms with E-state index in [0.29, 0.717) is 23.9 Å². The van der Waals surface area contributed by atoms with Crippen LogP contribution < -0.4 is 15.4 Å². The molecule has 0 saturated heterocycles. The molecule has 2 N–H and O–H groups in total. The van der Waals surface area contributed by atoms with Gasteiger partial charge in [-0.1, -0.05) is 12.1 Å². The standard InChI is InChI=1S/C18H15F3N4O/c1-2-26-14-6-4-3-5-12(14)24-15-9-16(23-10-22-15)25-13-8-7-11(19)17(20)18(13)21/h3-10H,2H2,1H3,(H2,22,23,24,25). The third-order valence-corrected chi connectivity index (χ3v) is 3.41. The summed E-state index contributed by atoms with van der Waals surface area (Å²) >= 11 is 0. The molecule has 0 aliphatic heterocycles. The number of hydrogen-bond acceptors (Lipinski definition) is 5. The van der Waals surface area contributed by atoms with E-state index in [1.807, 2.05) is 31.2 Å². The van der Waals surface area contributed by atoms with Crippen LogP contribution in [0.3, 0.4) is 0 Å². The Hall–Kier alpha value is -3.29. The first-order valence-electron chi connectivity index (χ1n) is 7.80. The summed E-state index contributed by atoms with van der Waals surface area (Å²) < 4.78 is 45.7. The topological polar surface area (TPSA) is 59.1 Å². The molecule has 1 heterocycles. The van der Waals surface area contributed by atoms with Gasteiger partial charge in [-0.05, 0) is 31.2 Å². The molecule has 134 valence electrons. The van der Waals surface area contributed by atoms with Crippen LogP contribution in [-0.2, 0) is 0 Å². The van der Waals surface area contributed by atoms with Crippen LogP contribution in [0, 0.1) is 17.5 Å². The van der Waals surface area contributed by atoms with Gasteiger partial charge in [0.1, 0.15) is 23.7 Å². The number of anilines is 4. The molecule has 0 aliphatic rings. The second kappa shape index (κ2) is 7.73. The zero-order chi connectivity index (χ0) is 18.5. The molecular formula is C18H15F3N4O. The van der Waals surface area contributed by atoms with Crippen molar-refractivity contribution in [2.45, 2.75) is 6.92 Å². The van der Waals surface area contributed by atoms with E-state index in [4.69, 9.17) is 4.74 Å². The maximum absolute atomic E-state index is 13.8. The molecule has 0 unspecified atom stereocenters. The molecule has 5 nitrogen and oxygen atoms in total. The molecule has 8 heteroatoms. The Morgan fingerprint density at radius 2 is 1.58 bits per heavy atom. The second-order valence-electron chi connectivity index (χ2n) is 5.19. The molecule has 0 aliphatic carbocycles. The van der Waals surface area contributed by atoms with Gasteiger partial charge >= 0.3 is 0 Å². The summed E-state index contributed by atoms with van der Waals surface area (Å²) in [5.41, 5.74) is 0.460. The van der Waals surface area contributed by atoms with Gasteiger partial charge in [-0.3, -0.25) is 0 Å². The highest BCUT2D eigenvalue weighted by molar-refractivity contribution is 5.67. The van der Waals surface area contributed by atoms with E-state index in [9.17, 15) is 13.2 Å². The smallest absolute Gasteiger partial charge is 0.196 e. The Balaban J connectivity index is 1.82. The van der Waals surface area contributed by atoms with Crippen molar-refractivity contribution in [3.63, 3.8) is 0 Å². The van der Waals surface area contributed by atoms with E-state index < -0.39 is 17.5 Å². The van der Waals surface area contributed by atoms with E-state index in [1.165, 1.54) is 12.4 Å². The quantitative estimate of drug-likeness (QED) is 0.620. The molecule has 26 heavy (non-hydrogen) atoms. The zero-order valence-corrected chi connectivity index (χ0v) is 13.8. The molecule has 3 rings (SSSR count). The van der Waals surface area contributed by atoms with Gasteiger partial charge in [-0.2, -0.15) is 0 Å². The van der Waals surface area contributed by atoms with Crippen LogP contribution in [0.15, 0.2) is 48.8 Å². The number of rotatable bonds is 6. The summed E-state index contributed by atoms with van der Waals surface area (Å²) in [4.78, 5) is 8.04. The van der Waals surface area contributed by atoms with Crippen molar-refractivity contribution in [2.24, 2.45) is 0 Å². The number of hydrogen-bond donors (Lipinski definition) is 2. The lowest BCUT2D eigenvalue weighted by atomic mass is 10.2. The summed E-state index contributed by atoms with van der Waals surface area (Å²) in [5.74, 6) is -2.85. The van der Waals surface area contributed by atoms with Crippen molar-refractivity contribution in [3.05, 3.63) is 66.2 Å². The van der Waals surface area contributed by atoms with Crippen LogP contribution in [-0.4, -0.2) is 16.6 Å². The zero-order valence-electron chi connectivity index (χ0n) is 13.8. The van der Waals surface area contributed by atoms with Crippen LogP contribution in [0.25, 0.3) is 0 Å². The first-order chi connectivity index (χ1) is 12.6. The van der Waals surface area contributed by atoms with Crippen molar-refractivity contribution in [1.82, 2.24) is 9.97 Å². The number of para-hydroxylation sites is 2. The molecule has 2 aromatic carbocycles. The minimum Gasteiger partial charge on any atom is -0.492 e. The van der Waals surface area contributed by atoms with Gasteiger partial charge in [0, 0.05) is 6.07 Å². The average molecular weight is 360 g/mol. The van der Waals surface area contributed by atoms with Gasteiger partial charge in [0.05, 0.1) is 18.0 Å². The highest BCUT2D eigenvalue weighted by Gasteiger charge is 2.14. The molecule has 0 saturated carbocycles. The van der Waals surface area contributed by atoms with Gasteiger partial charge < -0.3 is 15.4 Å². The molecule has 0 spiro atoms. The minimum atomic E-state index is -1.55. The maximum Gasteiger partial charge on any atom is 0.196 e. The lowest BCUT2D eigenvalue weighted by Crippen LogP contribution is -2.03. The van der Waals surface area contributed by atoms with Crippen molar-refractivity contribution >= 4 is 23.0 Å².